The Labute approximate surface area is 150 Å². The van der Waals surface area contributed by atoms with Crippen molar-refractivity contribution in [3.8, 4) is 0 Å². The highest BCUT2D eigenvalue weighted by molar-refractivity contribution is 7.99. The van der Waals surface area contributed by atoms with E-state index in [1.807, 2.05) is 38.3 Å². The minimum absolute atomic E-state index is 0.0695. The number of hydrogen-bond donors (Lipinski definition) is 2. The lowest BCUT2D eigenvalue weighted by Gasteiger charge is -2.16. The molecule has 0 saturated carbocycles. The van der Waals surface area contributed by atoms with Crippen molar-refractivity contribution in [1.82, 2.24) is 20.1 Å². The molecule has 25 heavy (non-hydrogen) atoms. The van der Waals surface area contributed by atoms with Crippen LogP contribution in [-0.4, -0.2) is 37.5 Å². The van der Waals surface area contributed by atoms with Crippen LogP contribution in [0.3, 0.4) is 0 Å². The van der Waals surface area contributed by atoms with Gasteiger partial charge in [0.05, 0.1) is 5.75 Å². The summed E-state index contributed by atoms with van der Waals surface area (Å²) in [6.45, 7) is 7.85. The van der Waals surface area contributed by atoms with Crippen molar-refractivity contribution in [2.45, 2.75) is 44.9 Å². The molecule has 8 heteroatoms. The quantitative estimate of drug-likeness (QED) is 0.735. The summed E-state index contributed by atoms with van der Waals surface area (Å²) in [4.78, 5) is 23.8. The number of rotatable bonds is 7. The highest BCUT2D eigenvalue weighted by Gasteiger charge is 2.23. The lowest BCUT2D eigenvalue weighted by atomic mass is 10.0. The SMILES string of the molecule is Cc1ccc(C(NC(=O)CSc2nncn2C(C)C)C(=O)O)cc1C. The molecular formula is C17H22N4O3S. The van der Waals surface area contributed by atoms with Crippen molar-refractivity contribution >= 4 is 23.6 Å². The zero-order chi connectivity index (χ0) is 18.6. The highest BCUT2D eigenvalue weighted by Crippen LogP contribution is 2.20. The van der Waals surface area contributed by atoms with Crippen molar-refractivity contribution in [3.05, 3.63) is 41.2 Å². The fourth-order valence-corrected chi connectivity index (χ4v) is 3.11. The monoisotopic (exact) mass is 362 g/mol. The van der Waals surface area contributed by atoms with E-state index in [4.69, 9.17) is 0 Å². The fourth-order valence-electron chi connectivity index (χ4n) is 2.25. The van der Waals surface area contributed by atoms with Crippen LogP contribution in [0.5, 0.6) is 0 Å². The summed E-state index contributed by atoms with van der Waals surface area (Å²) in [7, 11) is 0. The summed E-state index contributed by atoms with van der Waals surface area (Å²) in [5.41, 5.74) is 2.61. The first-order valence-electron chi connectivity index (χ1n) is 7.91. The molecule has 1 atom stereocenters. The fraction of sp³-hybridized carbons (Fsp3) is 0.412. The number of nitrogens with one attached hydrogen (secondary N) is 1. The molecule has 2 aromatic rings. The van der Waals surface area contributed by atoms with Gasteiger partial charge in [0.1, 0.15) is 6.33 Å². The molecule has 0 bridgehead atoms. The van der Waals surface area contributed by atoms with E-state index in [1.165, 1.54) is 11.8 Å². The van der Waals surface area contributed by atoms with E-state index < -0.39 is 12.0 Å². The van der Waals surface area contributed by atoms with E-state index in [9.17, 15) is 14.7 Å². The molecule has 1 heterocycles. The average Bonchev–Trinajstić information content (AvgIpc) is 3.02. The molecule has 2 N–H and O–H groups in total. The Morgan fingerprint density at radius 2 is 2.00 bits per heavy atom. The van der Waals surface area contributed by atoms with Gasteiger partial charge in [-0.05, 0) is 44.4 Å². The number of carboxylic acid groups (broad SMARTS) is 1. The van der Waals surface area contributed by atoms with Gasteiger partial charge in [-0.15, -0.1) is 10.2 Å². The van der Waals surface area contributed by atoms with Crippen LogP contribution in [0.25, 0.3) is 0 Å². The predicted molar refractivity (Wildman–Crippen MR) is 95.6 cm³/mol. The lowest BCUT2D eigenvalue weighted by molar-refractivity contribution is -0.141. The largest absolute Gasteiger partial charge is 0.479 e. The zero-order valence-electron chi connectivity index (χ0n) is 14.7. The molecule has 0 saturated heterocycles. The Hall–Kier alpha value is -2.35. The van der Waals surface area contributed by atoms with E-state index in [1.54, 1.807) is 18.5 Å². The molecule has 0 radical (unpaired) electrons. The summed E-state index contributed by atoms with van der Waals surface area (Å²) >= 11 is 1.23. The minimum Gasteiger partial charge on any atom is -0.479 e. The van der Waals surface area contributed by atoms with Gasteiger partial charge in [0.15, 0.2) is 11.2 Å². The predicted octanol–water partition coefficient (Wildman–Crippen LogP) is 2.51. The summed E-state index contributed by atoms with van der Waals surface area (Å²) in [6.07, 6.45) is 1.61. The molecule has 0 aliphatic rings. The van der Waals surface area contributed by atoms with Gasteiger partial charge in [0.25, 0.3) is 0 Å². The summed E-state index contributed by atoms with van der Waals surface area (Å²) < 4.78 is 1.86. The first kappa shape index (κ1) is 19.0. The van der Waals surface area contributed by atoms with Crippen molar-refractivity contribution < 1.29 is 14.7 Å². The Bertz CT molecular complexity index is 773. The highest BCUT2D eigenvalue weighted by atomic mass is 32.2. The standard InChI is InChI=1S/C17H22N4O3S/c1-10(2)21-9-18-20-17(21)25-8-14(22)19-15(16(23)24)13-6-5-11(3)12(4)7-13/h5-7,9-10,15H,8H2,1-4H3,(H,19,22)(H,23,24). The van der Waals surface area contributed by atoms with Crippen LogP contribution in [0.4, 0.5) is 0 Å². The number of carboxylic acids is 1. The number of amides is 1. The molecule has 1 aromatic carbocycles. The van der Waals surface area contributed by atoms with Gasteiger partial charge in [-0.2, -0.15) is 0 Å². The first-order chi connectivity index (χ1) is 11.8. The van der Waals surface area contributed by atoms with Crippen molar-refractivity contribution in [2.24, 2.45) is 0 Å². The van der Waals surface area contributed by atoms with E-state index >= 15 is 0 Å². The van der Waals surface area contributed by atoms with Crippen LogP contribution in [0.15, 0.2) is 29.7 Å². The third-order valence-electron chi connectivity index (χ3n) is 3.85. The molecular weight excluding hydrogens is 340 g/mol. The Morgan fingerprint density at radius 1 is 1.28 bits per heavy atom. The molecule has 1 amide bonds. The Balaban J connectivity index is 2.04. The molecule has 0 fully saturated rings. The molecule has 7 nitrogen and oxygen atoms in total. The van der Waals surface area contributed by atoms with E-state index in [0.717, 1.165) is 11.1 Å². The number of hydrogen-bond acceptors (Lipinski definition) is 5. The van der Waals surface area contributed by atoms with Crippen molar-refractivity contribution in [2.75, 3.05) is 5.75 Å². The van der Waals surface area contributed by atoms with Crippen molar-refractivity contribution in [3.63, 3.8) is 0 Å². The van der Waals surface area contributed by atoms with Gasteiger partial charge in [-0.3, -0.25) is 4.79 Å². The maximum Gasteiger partial charge on any atom is 0.330 e. The van der Waals surface area contributed by atoms with E-state index in [-0.39, 0.29) is 17.7 Å². The zero-order valence-corrected chi connectivity index (χ0v) is 15.5. The second kappa shape index (κ2) is 8.15. The van der Waals surface area contributed by atoms with Gasteiger partial charge in [0, 0.05) is 6.04 Å². The Kier molecular flexibility index (Phi) is 6.19. The van der Waals surface area contributed by atoms with Gasteiger partial charge in [-0.25, -0.2) is 4.79 Å². The van der Waals surface area contributed by atoms with Gasteiger partial charge >= 0.3 is 5.97 Å². The number of thioether (sulfide) groups is 1. The maximum atomic E-state index is 12.2. The van der Waals surface area contributed by atoms with Crippen LogP contribution in [0.1, 0.15) is 42.6 Å². The third-order valence-corrected chi connectivity index (χ3v) is 4.80. The number of aliphatic carboxylic acids is 1. The second-order valence-corrected chi connectivity index (χ2v) is 7.03. The average molecular weight is 362 g/mol. The van der Waals surface area contributed by atoms with Crippen LogP contribution < -0.4 is 5.32 Å². The number of carbonyl (C=O) groups is 2. The minimum atomic E-state index is -1.09. The maximum absolute atomic E-state index is 12.2. The number of nitrogens with zero attached hydrogens (tertiary/aromatic N) is 3. The molecule has 2 rings (SSSR count). The first-order valence-corrected chi connectivity index (χ1v) is 8.89. The topological polar surface area (TPSA) is 97.1 Å². The van der Waals surface area contributed by atoms with Crippen LogP contribution in [-0.2, 0) is 9.59 Å². The molecule has 1 aromatic heterocycles. The van der Waals surface area contributed by atoms with Gasteiger partial charge in [0.2, 0.25) is 5.91 Å². The third kappa shape index (κ3) is 4.82. The van der Waals surface area contributed by atoms with Gasteiger partial charge in [-0.1, -0.05) is 30.0 Å². The second-order valence-electron chi connectivity index (χ2n) is 6.09. The summed E-state index contributed by atoms with van der Waals surface area (Å²) in [6, 6.07) is 4.48. The van der Waals surface area contributed by atoms with E-state index in [0.29, 0.717) is 10.7 Å². The summed E-state index contributed by atoms with van der Waals surface area (Å²) in [5, 5.41) is 20.5. The molecule has 134 valence electrons. The number of aromatic nitrogens is 3. The normalized spacial score (nSPS) is 12.2. The molecule has 0 spiro atoms. The number of aryl methyl sites for hydroxylation is 2. The lowest BCUT2D eigenvalue weighted by Crippen LogP contribution is -2.35. The van der Waals surface area contributed by atoms with Crippen molar-refractivity contribution in [1.29, 1.82) is 0 Å². The number of carbonyl (C=O) groups excluding carboxylic acids is 1. The Morgan fingerprint density at radius 3 is 2.60 bits per heavy atom. The van der Waals surface area contributed by atoms with Crippen LogP contribution >= 0.6 is 11.8 Å². The van der Waals surface area contributed by atoms with Crippen LogP contribution in [0, 0.1) is 13.8 Å². The van der Waals surface area contributed by atoms with Gasteiger partial charge < -0.3 is 15.0 Å². The number of benzene rings is 1. The van der Waals surface area contributed by atoms with E-state index in [2.05, 4.69) is 15.5 Å². The molecule has 1 unspecified atom stereocenters. The molecule has 0 aliphatic heterocycles. The molecule has 0 aliphatic carbocycles. The van der Waals surface area contributed by atoms with Crippen LogP contribution in [0.2, 0.25) is 0 Å². The summed E-state index contributed by atoms with van der Waals surface area (Å²) in [5.74, 6) is -1.39. The smallest absolute Gasteiger partial charge is 0.330 e.